The van der Waals surface area contributed by atoms with Crippen LogP contribution in [-0.4, -0.2) is 45.9 Å². The summed E-state index contributed by atoms with van der Waals surface area (Å²) in [6.45, 7) is 0.982. The van der Waals surface area contributed by atoms with Gasteiger partial charge in [0.25, 0.3) is 5.91 Å². The Hall–Kier alpha value is -4.20. The van der Waals surface area contributed by atoms with Crippen LogP contribution in [0.25, 0.3) is 17.3 Å². The van der Waals surface area contributed by atoms with Gasteiger partial charge in [0.15, 0.2) is 0 Å². The third kappa shape index (κ3) is 5.74. The molecule has 1 aliphatic rings. The van der Waals surface area contributed by atoms with Crippen LogP contribution in [-0.2, 0) is 9.59 Å². The third-order valence-corrected chi connectivity index (χ3v) is 5.59. The van der Waals surface area contributed by atoms with Gasteiger partial charge < -0.3 is 4.90 Å². The summed E-state index contributed by atoms with van der Waals surface area (Å²) in [6, 6.07) is 20.7. The summed E-state index contributed by atoms with van der Waals surface area (Å²) in [6.07, 6.45) is 4.42. The fourth-order valence-corrected chi connectivity index (χ4v) is 3.68. The van der Waals surface area contributed by atoms with Crippen molar-refractivity contribution in [3.63, 3.8) is 0 Å². The van der Waals surface area contributed by atoms with Gasteiger partial charge in [-0.1, -0.05) is 60.7 Å². The Labute approximate surface area is 191 Å². The Morgan fingerprint density at radius 1 is 0.939 bits per heavy atom. The number of likely N-dealkylation sites (tertiary alicyclic amines) is 1. The number of hydrazine groups is 1. The Balaban J connectivity index is 1.22. The van der Waals surface area contributed by atoms with Crippen molar-refractivity contribution in [2.45, 2.75) is 12.8 Å². The summed E-state index contributed by atoms with van der Waals surface area (Å²) in [5.74, 6) is -1.08. The van der Waals surface area contributed by atoms with Gasteiger partial charge in [0.1, 0.15) is 5.69 Å². The third-order valence-electron chi connectivity index (χ3n) is 5.59. The van der Waals surface area contributed by atoms with Gasteiger partial charge in [-0.2, -0.15) is 5.10 Å². The molecule has 0 atom stereocenters. The van der Waals surface area contributed by atoms with Gasteiger partial charge in [-0.3, -0.25) is 30.3 Å². The average molecular weight is 444 g/mol. The van der Waals surface area contributed by atoms with Crippen molar-refractivity contribution in [2.24, 2.45) is 5.92 Å². The highest BCUT2D eigenvalue weighted by Crippen LogP contribution is 2.18. The molecule has 0 unspecified atom stereocenters. The SMILES string of the molecule is O=C(NNC(=O)C1CCN(C(=O)/C=C\c2ccccc2)CC1)c1cc(-c2ccccc2)n[nH]1. The fraction of sp³-hybridized carbons (Fsp3) is 0.200. The first-order valence-corrected chi connectivity index (χ1v) is 10.8. The predicted molar refractivity (Wildman–Crippen MR) is 124 cm³/mol. The van der Waals surface area contributed by atoms with Crippen LogP contribution in [0.5, 0.6) is 0 Å². The van der Waals surface area contributed by atoms with Gasteiger partial charge in [0.2, 0.25) is 11.8 Å². The number of rotatable bonds is 5. The second-order valence-electron chi connectivity index (χ2n) is 7.82. The molecule has 2 aromatic carbocycles. The molecule has 8 nitrogen and oxygen atoms in total. The molecular formula is C25H25N5O3. The second-order valence-corrected chi connectivity index (χ2v) is 7.82. The van der Waals surface area contributed by atoms with Crippen LogP contribution >= 0.6 is 0 Å². The summed E-state index contributed by atoms with van der Waals surface area (Å²) in [7, 11) is 0. The molecule has 0 spiro atoms. The zero-order valence-electron chi connectivity index (χ0n) is 18.0. The van der Waals surface area contributed by atoms with E-state index in [1.807, 2.05) is 60.7 Å². The molecule has 0 saturated carbocycles. The van der Waals surface area contributed by atoms with E-state index in [0.717, 1.165) is 11.1 Å². The monoisotopic (exact) mass is 443 g/mol. The lowest BCUT2D eigenvalue weighted by Gasteiger charge is -2.30. The molecular weight excluding hydrogens is 418 g/mol. The molecule has 3 N–H and O–H groups in total. The highest BCUT2D eigenvalue weighted by molar-refractivity contribution is 5.95. The molecule has 8 heteroatoms. The summed E-state index contributed by atoms with van der Waals surface area (Å²) in [4.78, 5) is 39.0. The van der Waals surface area contributed by atoms with E-state index in [0.29, 0.717) is 31.6 Å². The molecule has 168 valence electrons. The number of aromatic amines is 1. The number of carbonyl (C=O) groups is 3. The maximum atomic E-state index is 12.5. The van der Waals surface area contributed by atoms with Crippen molar-refractivity contribution >= 4 is 23.8 Å². The molecule has 33 heavy (non-hydrogen) atoms. The van der Waals surface area contributed by atoms with Gasteiger partial charge >= 0.3 is 0 Å². The molecule has 0 radical (unpaired) electrons. The summed E-state index contributed by atoms with van der Waals surface area (Å²) in [5.41, 5.74) is 7.66. The highest BCUT2D eigenvalue weighted by Gasteiger charge is 2.27. The smallest absolute Gasteiger partial charge is 0.287 e. The Bertz CT molecular complexity index is 1130. The van der Waals surface area contributed by atoms with E-state index in [4.69, 9.17) is 0 Å². The van der Waals surface area contributed by atoms with Crippen molar-refractivity contribution in [2.75, 3.05) is 13.1 Å². The highest BCUT2D eigenvalue weighted by atomic mass is 16.2. The van der Waals surface area contributed by atoms with Gasteiger partial charge in [-0.15, -0.1) is 0 Å². The summed E-state index contributed by atoms with van der Waals surface area (Å²) in [5, 5.41) is 6.83. The molecule has 0 bridgehead atoms. The number of nitrogens with zero attached hydrogens (tertiary/aromatic N) is 2. The van der Waals surface area contributed by atoms with Crippen molar-refractivity contribution in [1.82, 2.24) is 25.9 Å². The van der Waals surface area contributed by atoms with Gasteiger partial charge in [0, 0.05) is 30.6 Å². The first-order chi connectivity index (χ1) is 16.1. The minimum absolute atomic E-state index is 0.0699. The number of hydrogen-bond acceptors (Lipinski definition) is 4. The van der Waals surface area contributed by atoms with E-state index in [9.17, 15) is 14.4 Å². The van der Waals surface area contributed by atoms with E-state index in [1.54, 1.807) is 23.1 Å². The molecule has 4 rings (SSSR count). The van der Waals surface area contributed by atoms with Gasteiger partial charge in [-0.25, -0.2) is 0 Å². The number of nitrogens with one attached hydrogen (secondary N) is 3. The zero-order valence-corrected chi connectivity index (χ0v) is 18.0. The zero-order chi connectivity index (χ0) is 23.0. The molecule has 1 fully saturated rings. The Morgan fingerprint density at radius 2 is 1.61 bits per heavy atom. The largest absolute Gasteiger partial charge is 0.339 e. The minimum Gasteiger partial charge on any atom is -0.339 e. The van der Waals surface area contributed by atoms with Crippen LogP contribution in [0.1, 0.15) is 28.9 Å². The van der Waals surface area contributed by atoms with Crippen LogP contribution in [0.15, 0.2) is 72.8 Å². The number of carbonyl (C=O) groups excluding carboxylic acids is 3. The number of piperidine rings is 1. The van der Waals surface area contributed by atoms with E-state index >= 15 is 0 Å². The molecule has 3 amide bonds. The quantitative estimate of drug-likeness (QED) is 0.416. The standard InChI is InChI=1S/C25H25N5O3/c31-23(12-11-18-7-3-1-4-8-18)30-15-13-20(14-16-30)24(32)28-29-25(33)22-17-21(26-27-22)19-9-5-2-6-10-19/h1-12,17,20H,13-16H2,(H,26,27)(H,28,32)(H,29,33)/b12-11-. The van der Waals surface area contributed by atoms with Crippen molar-refractivity contribution < 1.29 is 14.4 Å². The Morgan fingerprint density at radius 3 is 2.30 bits per heavy atom. The molecule has 0 aliphatic carbocycles. The summed E-state index contributed by atoms with van der Waals surface area (Å²) < 4.78 is 0. The van der Waals surface area contributed by atoms with Crippen LogP contribution < -0.4 is 10.9 Å². The number of benzene rings is 2. The van der Waals surface area contributed by atoms with Crippen molar-refractivity contribution in [3.8, 4) is 11.3 Å². The van der Waals surface area contributed by atoms with Crippen LogP contribution in [0.3, 0.4) is 0 Å². The molecule has 1 saturated heterocycles. The maximum Gasteiger partial charge on any atom is 0.287 e. The van der Waals surface area contributed by atoms with Crippen LogP contribution in [0.4, 0.5) is 0 Å². The Kier molecular flexibility index (Phi) is 6.94. The van der Waals surface area contributed by atoms with E-state index < -0.39 is 5.91 Å². The number of hydrogen-bond donors (Lipinski definition) is 3. The van der Waals surface area contributed by atoms with E-state index in [-0.39, 0.29) is 23.4 Å². The van der Waals surface area contributed by atoms with Crippen molar-refractivity contribution in [1.29, 1.82) is 0 Å². The maximum absolute atomic E-state index is 12.5. The second kappa shape index (κ2) is 10.4. The molecule has 3 aromatic rings. The lowest BCUT2D eigenvalue weighted by molar-refractivity contribution is -0.132. The van der Waals surface area contributed by atoms with Gasteiger partial charge in [-0.05, 0) is 30.5 Å². The lowest BCUT2D eigenvalue weighted by Crippen LogP contribution is -2.48. The molecule has 2 heterocycles. The topological polar surface area (TPSA) is 107 Å². The van der Waals surface area contributed by atoms with Crippen molar-refractivity contribution in [3.05, 3.63) is 84.1 Å². The summed E-state index contributed by atoms with van der Waals surface area (Å²) >= 11 is 0. The number of H-pyrrole nitrogens is 1. The molecule has 1 aromatic heterocycles. The van der Waals surface area contributed by atoms with Crippen LogP contribution in [0, 0.1) is 5.92 Å². The van der Waals surface area contributed by atoms with Gasteiger partial charge in [0.05, 0.1) is 5.69 Å². The predicted octanol–water partition coefficient (Wildman–Crippen LogP) is 2.79. The first-order valence-electron chi connectivity index (χ1n) is 10.8. The number of aromatic nitrogens is 2. The normalized spacial score (nSPS) is 14.2. The van der Waals surface area contributed by atoms with E-state index in [2.05, 4.69) is 21.0 Å². The lowest BCUT2D eigenvalue weighted by atomic mass is 9.96. The number of amides is 3. The van der Waals surface area contributed by atoms with Crippen LogP contribution in [0.2, 0.25) is 0 Å². The molecule has 1 aliphatic heterocycles. The van der Waals surface area contributed by atoms with E-state index in [1.165, 1.54) is 0 Å². The minimum atomic E-state index is -0.475. The fourth-order valence-electron chi connectivity index (χ4n) is 3.68. The average Bonchev–Trinajstić information content (AvgIpc) is 3.37. The first kappa shape index (κ1) is 22.0.